The van der Waals surface area contributed by atoms with Crippen molar-refractivity contribution in [2.24, 2.45) is 10.2 Å². The van der Waals surface area contributed by atoms with Crippen LogP contribution in [0, 0.1) is 0 Å². The highest BCUT2D eigenvalue weighted by Crippen LogP contribution is 2.24. The highest BCUT2D eigenvalue weighted by atomic mass is 16.6. The van der Waals surface area contributed by atoms with Gasteiger partial charge in [-0.15, -0.1) is 5.11 Å². The van der Waals surface area contributed by atoms with Crippen LogP contribution in [-0.2, 0) is 14.3 Å². The second kappa shape index (κ2) is 9.12. The predicted molar refractivity (Wildman–Crippen MR) is 108 cm³/mol. The van der Waals surface area contributed by atoms with Crippen LogP contribution in [0.1, 0.15) is 31.1 Å². The Balaban J connectivity index is 2.07. The minimum absolute atomic E-state index is 0.222. The van der Waals surface area contributed by atoms with Crippen molar-refractivity contribution in [1.82, 2.24) is 0 Å². The van der Waals surface area contributed by atoms with Crippen LogP contribution < -0.4 is 4.90 Å². The Bertz CT molecular complexity index is 853. The quantitative estimate of drug-likeness (QED) is 0.535. The molecular weight excluding hydrogens is 358 g/mol. The summed E-state index contributed by atoms with van der Waals surface area (Å²) < 4.78 is 10.2. The van der Waals surface area contributed by atoms with Gasteiger partial charge in [0.15, 0.2) is 6.61 Å². The highest BCUT2D eigenvalue weighted by Gasteiger charge is 2.19. The van der Waals surface area contributed by atoms with Crippen molar-refractivity contribution < 1.29 is 19.1 Å². The van der Waals surface area contributed by atoms with E-state index in [1.54, 1.807) is 45.0 Å². The third-order valence-electron chi connectivity index (χ3n) is 3.50. The van der Waals surface area contributed by atoms with E-state index in [1.807, 2.05) is 43.3 Å². The lowest BCUT2D eigenvalue weighted by molar-refractivity contribution is -0.158. The van der Waals surface area contributed by atoms with E-state index >= 15 is 0 Å². The Morgan fingerprint density at radius 3 is 2.21 bits per heavy atom. The maximum Gasteiger partial charge on any atom is 0.344 e. The molecule has 0 aliphatic rings. The van der Waals surface area contributed by atoms with E-state index < -0.39 is 24.1 Å². The summed E-state index contributed by atoms with van der Waals surface area (Å²) in [4.78, 5) is 26.0. The van der Waals surface area contributed by atoms with Crippen LogP contribution in [0.25, 0.3) is 0 Å². The second-order valence-corrected chi connectivity index (χ2v) is 7.29. The van der Waals surface area contributed by atoms with Crippen LogP contribution >= 0.6 is 0 Å². The second-order valence-electron chi connectivity index (χ2n) is 7.29. The number of anilines is 1. The normalized spacial score (nSPS) is 11.3. The Morgan fingerprint density at radius 1 is 0.964 bits per heavy atom. The number of ether oxygens (including phenoxy) is 2. The van der Waals surface area contributed by atoms with Crippen LogP contribution in [0.2, 0.25) is 0 Å². The average Bonchev–Trinajstić information content (AvgIpc) is 2.63. The van der Waals surface area contributed by atoms with Crippen molar-refractivity contribution in [3.05, 3.63) is 54.1 Å². The minimum atomic E-state index is -0.664. The summed E-state index contributed by atoms with van der Waals surface area (Å²) in [6.07, 6.45) is 0. The van der Waals surface area contributed by atoms with Crippen molar-refractivity contribution in [2.75, 3.05) is 25.6 Å². The van der Waals surface area contributed by atoms with Gasteiger partial charge < -0.3 is 14.4 Å². The smallest absolute Gasteiger partial charge is 0.344 e. The number of hydrogen-bond donors (Lipinski definition) is 0. The predicted octanol–water partition coefficient (Wildman–Crippen LogP) is 4.67. The van der Waals surface area contributed by atoms with Gasteiger partial charge in [0, 0.05) is 19.8 Å². The summed E-state index contributed by atoms with van der Waals surface area (Å²) in [7, 11) is 3.91. The Hall–Kier alpha value is -3.22. The minimum Gasteiger partial charge on any atom is -0.457 e. The van der Waals surface area contributed by atoms with Crippen molar-refractivity contribution >= 4 is 29.0 Å². The van der Waals surface area contributed by atoms with Crippen molar-refractivity contribution in [3.63, 3.8) is 0 Å². The Morgan fingerprint density at radius 2 is 1.61 bits per heavy atom. The van der Waals surface area contributed by atoms with Gasteiger partial charge in [0.1, 0.15) is 11.3 Å². The number of azo groups is 1. The lowest BCUT2D eigenvalue weighted by Crippen LogP contribution is -2.27. The van der Waals surface area contributed by atoms with Gasteiger partial charge in [0.2, 0.25) is 0 Å². The highest BCUT2D eigenvalue weighted by molar-refractivity contribution is 5.95. The summed E-state index contributed by atoms with van der Waals surface area (Å²) in [5, 5.41) is 8.32. The number of hydrogen-bond acceptors (Lipinski definition) is 7. The first kappa shape index (κ1) is 21.1. The summed E-state index contributed by atoms with van der Waals surface area (Å²) in [6.45, 7) is 4.77. The number of rotatable bonds is 6. The van der Waals surface area contributed by atoms with Crippen LogP contribution in [0.5, 0.6) is 0 Å². The van der Waals surface area contributed by atoms with Gasteiger partial charge in [0.05, 0.1) is 11.3 Å². The van der Waals surface area contributed by atoms with Gasteiger partial charge in [-0.3, -0.25) is 0 Å². The van der Waals surface area contributed by atoms with Crippen molar-refractivity contribution in [3.8, 4) is 0 Å². The van der Waals surface area contributed by atoms with Crippen LogP contribution in [0.3, 0.4) is 0 Å². The largest absolute Gasteiger partial charge is 0.457 e. The number of nitrogens with zero attached hydrogens (tertiary/aromatic N) is 3. The summed E-state index contributed by atoms with van der Waals surface area (Å²) in [5.74, 6) is -1.27. The molecule has 28 heavy (non-hydrogen) atoms. The fourth-order valence-electron chi connectivity index (χ4n) is 2.24. The monoisotopic (exact) mass is 383 g/mol. The van der Waals surface area contributed by atoms with Gasteiger partial charge in [-0.05, 0) is 57.2 Å². The fraction of sp³-hybridized carbons (Fsp3) is 0.333. The molecule has 2 aromatic rings. The molecule has 0 amide bonds. The van der Waals surface area contributed by atoms with E-state index in [-0.39, 0.29) is 5.56 Å². The van der Waals surface area contributed by atoms with Gasteiger partial charge in [-0.25, -0.2) is 9.59 Å². The van der Waals surface area contributed by atoms with Gasteiger partial charge in [-0.2, -0.15) is 5.11 Å². The van der Waals surface area contributed by atoms with Crippen molar-refractivity contribution in [1.29, 1.82) is 0 Å². The number of benzene rings is 2. The molecule has 0 heterocycles. The molecule has 0 bridgehead atoms. The third kappa shape index (κ3) is 6.50. The van der Waals surface area contributed by atoms with E-state index in [2.05, 4.69) is 10.2 Å². The Kier molecular flexibility index (Phi) is 6.87. The molecule has 0 atom stereocenters. The number of carbonyl (C=O) groups excluding carboxylic acids is 2. The first-order chi connectivity index (χ1) is 13.2. The third-order valence-corrected chi connectivity index (χ3v) is 3.50. The number of esters is 2. The Labute approximate surface area is 165 Å². The summed E-state index contributed by atoms with van der Waals surface area (Å²) in [6, 6.07) is 14.2. The molecular formula is C21H25N3O4. The maximum absolute atomic E-state index is 12.3. The lowest BCUT2D eigenvalue weighted by Gasteiger charge is -2.19. The molecule has 0 saturated heterocycles. The lowest BCUT2D eigenvalue weighted by atomic mass is 10.2. The van der Waals surface area contributed by atoms with Crippen LogP contribution in [-0.4, -0.2) is 38.2 Å². The molecule has 148 valence electrons. The van der Waals surface area contributed by atoms with E-state index in [0.717, 1.165) is 5.69 Å². The van der Waals surface area contributed by atoms with E-state index in [9.17, 15) is 9.59 Å². The fourth-order valence-corrected chi connectivity index (χ4v) is 2.24. The molecule has 2 aromatic carbocycles. The molecule has 2 rings (SSSR count). The molecule has 0 aliphatic heterocycles. The zero-order valence-corrected chi connectivity index (χ0v) is 16.8. The molecule has 0 aromatic heterocycles. The molecule has 0 aliphatic carbocycles. The first-order valence-corrected chi connectivity index (χ1v) is 8.83. The van der Waals surface area contributed by atoms with E-state index in [0.29, 0.717) is 11.4 Å². The van der Waals surface area contributed by atoms with Crippen LogP contribution in [0.15, 0.2) is 58.8 Å². The summed E-state index contributed by atoms with van der Waals surface area (Å²) in [5.41, 5.74) is 1.64. The molecule has 0 unspecified atom stereocenters. The van der Waals surface area contributed by atoms with Gasteiger partial charge in [-0.1, -0.05) is 12.1 Å². The van der Waals surface area contributed by atoms with E-state index in [4.69, 9.17) is 9.47 Å². The molecule has 7 nitrogen and oxygen atoms in total. The molecule has 7 heteroatoms. The summed E-state index contributed by atoms with van der Waals surface area (Å²) >= 11 is 0. The molecule has 0 spiro atoms. The standard InChI is InChI=1S/C21H25N3O4/c1-21(2,3)28-19(25)14-27-20(26)17-8-6-7-9-18(17)23-22-15-10-12-16(13-11-15)24(4)5/h6-13H,14H2,1-5H3. The SMILES string of the molecule is CN(C)c1ccc(N=Nc2ccccc2C(=O)OCC(=O)OC(C)(C)C)cc1. The first-order valence-electron chi connectivity index (χ1n) is 8.83. The van der Waals surface area contributed by atoms with Gasteiger partial charge >= 0.3 is 11.9 Å². The van der Waals surface area contributed by atoms with E-state index in [1.165, 1.54) is 0 Å². The molecule has 0 radical (unpaired) electrons. The van der Waals surface area contributed by atoms with Gasteiger partial charge in [0.25, 0.3) is 0 Å². The zero-order chi connectivity index (χ0) is 20.7. The molecule has 0 N–H and O–H groups in total. The van der Waals surface area contributed by atoms with Crippen LogP contribution in [0.4, 0.5) is 17.1 Å². The maximum atomic E-state index is 12.3. The zero-order valence-electron chi connectivity index (χ0n) is 16.8. The number of carbonyl (C=O) groups is 2. The average molecular weight is 383 g/mol. The molecule has 0 fully saturated rings. The topological polar surface area (TPSA) is 80.6 Å². The van der Waals surface area contributed by atoms with Crippen molar-refractivity contribution in [2.45, 2.75) is 26.4 Å². The molecule has 0 saturated carbocycles.